The molecule has 1 amide bonds. The highest BCUT2D eigenvalue weighted by atomic mass is 16.2. The van der Waals surface area contributed by atoms with Crippen molar-refractivity contribution in [3.8, 4) is 0 Å². The first-order valence-corrected chi connectivity index (χ1v) is 8.96. The Labute approximate surface area is 144 Å². The molecule has 0 bridgehead atoms. The van der Waals surface area contributed by atoms with Crippen molar-refractivity contribution < 1.29 is 4.79 Å². The topological polar surface area (TPSA) is 38.1 Å². The number of aryl methyl sites for hydroxylation is 3. The lowest BCUT2D eigenvalue weighted by molar-refractivity contribution is -0.132. The highest BCUT2D eigenvalue weighted by Crippen LogP contribution is 2.23. The number of carbonyl (C=O) groups is 1. The summed E-state index contributed by atoms with van der Waals surface area (Å²) in [6.07, 6.45) is 7.68. The Balaban J connectivity index is 1.52. The van der Waals surface area contributed by atoms with E-state index < -0.39 is 0 Å². The lowest BCUT2D eigenvalue weighted by Crippen LogP contribution is -2.36. The zero-order chi connectivity index (χ0) is 16.9. The van der Waals surface area contributed by atoms with Gasteiger partial charge in [-0.15, -0.1) is 0 Å². The maximum atomic E-state index is 12.7. The van der Waals surface area contributed by atoms with Gasteiger partial charge in [0.15, 0.2) is 0 Å². The average molecular weight is 325 g/mol. The van der Waals surface area contributed by atoms with Gasteiger partial charge in [-0.2, -0.15) is 5.10 Å². The summed E-state index contributed by atoms with van der Waals surface area (Å²) < 4.78 is 1.87. The number of carbonyl (C=O) groups excluding carboxylic acids is 1. The number of hydrogen-bond donors (Lipinski definition) is 0. The van der Waals surface area contributed by atoms with Gasteiger partial charge in [0.1, 0.15) is 0 Å². The van der Waals surface area contributed by atoms with E-state index in [4.69, 9.17) is 0 Å². The van der Waals surface area contributed by atoms with Crippen molar-refractivity contribution in [3.63, 3.8) is 0 Å². The van der Waals surface area contributed by atoms with Crippen LogP contribution in [0.1, 0.15) is 42.5 Å². The van der Waals surface area contributed by atoms with Crippen LogP contribution in [0.2, 0.25) is 0 Å². The molecule has 1 aliphatic heterocycles. The van der Waals surface area contributed by atoms with Crippen LogP contribution in [0.15, 0.2) is 36.5 Å². The van der Waals surface area contributed by atoms with E-state index in [0.29, 0.717) is 18.4 Å². The molecule has 1 aliphatic rings. The SMILES string of the molecule is Cc1c(CCC(=O)N2CCCC2CCc2ccccc2)cnn1C. The zero-order valence-electron chi connectivity index (χ0n) is 14.7. The highest BCUT2D eigenvalue weighted by Gasteiger charge is 2.28. The second-order valence-electron chi connectivity index (χ2n) is 6.79. The first kappa shape index (κ1) is 16.7. The predicted molar refractivity (Wildman–Crippen MR) is 95.8 cm³/mol. The second-order valence-corrected chi connectivity index (χ2v) is 6.79. The van der Waals surface area contributed by atoms with Gasteiger partial charge >= 0.3 is 0 Å². The largest absolute Gasteiger partial charge is 0.340 e. The fraction of sp³-hybridized carbons (Fsp3) is 0.500. The van der Waals surface area contributed by atoms with Crippen LogP contribution in [0.3, 0.4) is 0 Å². The molecule has 0 spiro atoms. The van der Waals surface area contributed by atoms with Crippen LogP contribution < -0.4 is 0 Å². The molecule has 1 unspecified atom stereocenters. The molecule has 0 N–H and O–H groups in total. The Kier molecular flexibility index (Phi) is 5.34. The van der Waals surface area contributed by atoms with Gasteiger partial charge < -0.3 is 4.90 Å². The van der Waals surface area contributed by atoms with Crippen molar-refractivity contribution in [2.75, 3.05) is 6.54 Å². The maximum Gasteiger partial charge on any atom is 0.223 e. The Morgan fingerprint density at radius 1 is 1.25 bits per heavy atom. The number of hydrogen-bond acceptors (Lipinski definition) is 2. The van der Waals surface area contributed by atoms with Crippen molar-refractivity contribution in [2.45, 2.75) is 51.5 Å². The maximum absolute atomic E-state index is 12.7. The summed E-state index contributed by atoms with van der Waals surface area (Å²) in [5.74, 6) is 0.300. The van der Waals surface area contributed by atoms with E-state index in [1.54, 1.807) is 0 Å². The first-order valence-electron chi connectivity index (χ1n) is 8.96. The fourth-order valence-corrected chi connectivity index (χ4v) is 3.62. The van der Waals surface area contributed by atoms with E-state index in [0.717, 1.165) is 44.3 Å². The predicted octanol–water partition coefficient (Wildman–Crippen LogP) is 3.28. The molecule has 1 fully saturated rings. The van der Waals surface area contributed by atoms with E-state index in [-0.39, 0.29) is 0 Å². The minimum Gasteiger partial charge on any atom is -0.340 e. The molecule has 2 heterocycles. The van der Waals surface area contributed by atoms with Crippen LogP contribution in [0.25, 0.3) is 0 Å². The van der Waals surface area contributed by atoms with Crippen LogP contribution in [0.5, 0.6) is 0 Å². The number of nitrogens with zero attached hydrogens (tertiary/aromatic N) is 3. The van der Waals surface area contributed by atoms with Crippen LogP contribution in [0.4, 0.5) is 0 Å². The van der Waals surface area contributed by atoms with E-state index in [1.165, 1.54) is 11.1 Å². The van der Waals surface area contributed by atoms with Gasteiger partial charge in [-0.1, -0.05) is 30.3 Å². The first-order chi connectivity index (χ1) is 11.6. The van der Waals surface area contributed by atoms with Crippen LogP contribution >= 0.6 is 0 Å². The molecule has 1 aromatic heterocycles. The third-order valence-electron chi connectivity index (χ3n) is 5.25. The van der Waals surface area contributed by atoms with Crippen LogP contribution in [-0.2, 0) is 24.7 Å². The Morgan fingerprint density at radius 2 is 2.04 bits per heavy atom. The summed E-state index contributed by atoms with van der Waals surface area (Å²) in [5, 5.41) is 4.26. The Bertz CT molecular complexity index is 677. The van der Waals surface area contributed by atoms with Crippen LogP contribution in [0, 0.1) is 6.92 Å². The fourth-order valence-electron chi connectivity index (χ4n) is 3.62. The summed E-state index contributed by atoms with van der Waals surface area (Å²) >= 11 is 0. The zero-order valence-corrected chi connectivity index (χ0v) is 14.7. The normalized spacial score (nSPS) is 17.4. The van der Waals surface area contributed by atoms with Crippen molar-refractivity contribution >= 4 is 5.91 Å². The number of amides is 1. The van der Waals surface area contributed by atoms with E-state index in [1.807, 2.05) is 17.9 Å². The molecule has 2 aromatic rings. The molecule has 24 heavy (non-hydrogen) atoms. The lowest BCUT2D eigenvalue weighted by Gasteiger charge is -2.25. The molecule has 1 aromatic carbocycles. The van der Waals surface area contributed by atoms with Gasteiger partial charge in [0.05, 0.1) is 6.20 Å². The molecular weight excluding hydrogens is 298 g/mol. The quantitative estimate of drug-likeness (QED) is 0.817. The molecule has 128 valence electrons. The monoisotopic (exact) mass is 325 g/mol. The molecule has 1 atom stereocenters. The van der Waals surface area contributed by atoms with Gasteiger partial charge in [-0.25, -0.2) is 0 Å². The molecule has 1 saturated heterocycles. The third kappa shape index (κ3) is 3.86. The van der Waals surface area contributed by atoms with Crippen molar-refractivity contribution in [2.24, 2.45) is 7.05 Å². The van der Waals surface area contributed by atoms with Gasteiger partial charge in [0, 0.05) is 31.7 Å². The van der Waals surface area contributed by atoms with Crippen molar-refractivity contribution in [1.29, 1.82) is 0 Å². The van der Waals surface area contributed by atoms with E-state index in [9.17, 15) is 4.79 Å². The highest BCUT2D eigenvalue weighted by molar-refractivity contribution is 5.77. The lowest BCUT2D eigenvalue weighted by atomic mass is 10.0. The Morgan fingerprint density at radius 3 is 2.75 bits per heavy atom. The molecule has 4 heteroatoms. The number of benzene rings is 1. The van der Waals surface area contributed by atoms with E-state index in [2.05, 4.69) is 47.3 Å². The molecule has 0 aliphatic carbocycles. The number of likely N-dealkylation sites (tertiary alicyclic amines) is 1. The summed E-state index contributed by atoms with van der Waals surface area (Å²) in [6, 6.07) is 11.0. The van der Waals surface area contributed by atoms with Crippen LogP contribution in [-0.4, -0.2) is 33.2 Å². The van der Waals surface area contributed by atoms with Gasteiger partial charge in [0.25, 0.3) is 0 Å². The summed E-state index contributed by atoms with van der Waals surface area (Å²) in [4.78, 5) is 14.8. The van der Waals surface area contributed by atoms with Crippen molar-refractivity contribution in [1.82, 2.24) is 14.7 Å². The summed E-state index contributed by atoms with van der Waals surface area (Å²) in [6.45, 7) is 2.98. The van der Waals surface area contributed by atoms with Gasteiger partial charge in [-0.05, 0) is 50.2 Å². The number of rotatable bonds is 6. The number of aromatic nitrogens is 2. The minimum atomic E-state index is 0.300. The van der Waals surface area contributed by atoms with Gasteiger partial charge in [0.2, 0.25) is 5.91 Å². The van der Waals surface area contributed by atoms with Crippen molar-refractivity contribution in [3.05, 3.63) is 53.3 Å². The molecular formula is C20H27N3O. The summed E-state index contributed by atoms with van der Waals surface area (Å²) in [7, 11) is 1.95. The Hall–Kier alpha value is -2.10. The molecule has 0 radical (unpaired) electrons. The standard InChI is InChI=1S/C20H27N3O/c1-16-18(15-21-22(16)2)11-13-20(24)23-14-6-9-19(23)12-10-17-7-4-3-5-8-17/h3-5,7-8,15,19H,6,9-14H2,1-2H3. The second kappa shape index (κ2) is 7.65. The minimum absolute atomic E-state index is 0.300. The van der Waals surface area contributed by atoms with E-state index >= 15 is 0 Å². The van der Waals surface area contributed by atoms with Gasteiger partial charge in [-0.3, -0.25) is 9.48 Å². The third-order valence-corrected chi connectivity index (χ3v) is 5.25. The molecule has 0 saturated carbocycles. The molecule has 4 nitrogen and oxygen atoms in total. The average Bonchev–Trinajstić information content (AvgIpc) is 3.20. The smallest absolute Gasteiger partial charge is 0.223 e. The molecule has 3 rings (SSSR count). The summed E-state index contributed by atoms with van der Waals surface area (Å²) in [5.41, 5.74) is 3.71.